The fraction of sp³-hybridized carbons (Fsp3) is 0.385. The van der Waals surface area contributed by atoms with Gasteiger partial charge in [0.05, 0.1) is 0 Å². The minimum Gasteiger partial charge on any atom is -0.364 e. The number of allylic oxidation sites excluding steroid dienone is 1. The summed E-state index contributed by atoms with van der Waals surface area (Å²) in [6.45, 7) is 3.88. The molecule has 0 atom stereocenters. The number of nitrogens with two attached hydrogens (primary N) is 1. The summed E-state index contributed by atoms with van der Waals surface area (Å²) in [5.41, 5.74) is 6.77. The van der Waals surface area contributed by atoms with Gasteiger partial charge in [-0.3, -0.25) is 9.79 Å². The van der Waals surface area contributed by atoms with Gasteiger partial charge in [-0.1, -0.05) is 13.0 Å². The molecule has 1 rings (SSSR count). The number of carbonyl (C=O) groups is 1. The molecule has 0 spiro atoms. The van der Waals surface area contributed by atoms with Crippen LogP contribution in [0.2, 0.25) is 0 Å². The normalized spacial score (nSPS) is 13.2. The molecule has 18 heavy (non-hydrogen) atoms. The van der Waals surface area contributed by atoms with Crippen molar-refractivity contribution in [2.24, 2.45) is 10.7 Å². The maximum atomic E-state index is 11.4. The van der Waals surface area contributed by atoms with Crippen molar-refractivity contribution < 1.29 is 4.79 Å². The predicted octanol–water partition coefficient (Wildman–Crippen LogP) is 2.08. The van der Waals surface area contributed by atoms with Gasteiger partial charge in [0, 0.05) is 18.3 Å². The van der Waals surface area contributed by atoms with Crippen molar-refractivity contribution in [3.05, 3.63) is 33.7 Å². The van der Waals surface area contributed by atoms with Crippen LogP contribution in [0, 0.1) is 0 Å². The summed E-state index contributed by atoms with van der Waals surface area (Å²) in [4.78, 5) is 16.8. The van der Waals surface area contributed by atoms with Gasteiger partial charge >= 0.3 is 0 Å². The number of nitrogens with one attached hydrogen (secondary N) is 1. The number of nitrogens with zero attached hydrogens (tertiary/aromatic N) is 1. The minimum atomic E-state index is -0.443. The maximum Gasteiger partial charge on any atom is 0.265 e. The standard InChI is InChI=1S/C13H19N3OS/c1-4-9(2)12(13(14)17)16-11(15-3)8-10-6-5-7-18-10/h5-7H,4,8H2,1-3H3,(H2,14,17)(H,15,16)/b12-9+. The average Bonchev–Trinajstić information content (AvgIpc) is 2.85. The van der Waals surface area contributed by atoms with Crippen LogP contribution < -0.4 is 11.1 Å². The Labute approximate surface area is 112 Å². The number of thiophene rings is 1. The molecule has 5 heteroatoms. The Kier molecular flexibility index (Phi) is 5.58. The Hall–Kier alpha value is -1.62. The van der Waals surface area contributed by atoms with Crippen molar-refractivity contribution in [1.82, 2.24) is 5.32 Å². The predicted molar refractivity (Wildman–Crippen MR) is 76.7 cm³/mol. The maximum absolute atomic E-state index is 11.4. The van der Waals surface area contributed by atoms with Gasteiger partial charge in [0.15, 0.2) is 0 Å². The summed E-state index contributed by atoms with van der Waals surface area (Å²) in [6, 6.07) is 4.03. The Bertz CT molecular complexity index is 461. The van der Waals surface area contributed by atoms with Gasteiger partial charge in [-0.05, 0) is 30.4 Å². The third-order valence-corrected chi connectivity index (χ3v) is 3.54. The van der Waals surface area contributed by atoms with E-state index in [1.54, 1.807) is 18.4 Å². The summed E-state index contributed by atoms with van der Waals surface area (Å²) in [6.07, 6.45) is 1.46. The molecule has 1 aromatic rings. The molecule has 1 amide bonds. The Morgan fingerprint density at radius 3 is 2.72 bits per heavy atom. The van der Waals surface area contributed by atoms with Gasteiger partial charge < -0.3 is 11.1 Å². The van der Waals surface area contributed by atoms with Crippen molar-refractivity contribution in [3.63, 3.8) is 0 Å². The smallest absolute Gasteiger partial charge is 0.265 e. The first kappa shape index (κ1) is 14.4. The van der Waals surface area contributed by atoms with Crippen molar-refractivity contribution >= 4 is 23.1 Å². The quantitative estimate of drug-likeness (QED) is 0.486. The third kappa shape index (κ3) is 4.00. The van der Waals surface area contributed by atoms with E-state index in [4.69, 9.17) is 5.73 Å². The Balaban J connectivity index is 2.82. The zero-order valence-electron chi connectivity index (χ0n) is 11.0. The molecule has 0 aromatic carbocycles. The summed E-state index contributed by atoms with van der Waals surface area (Å²) in [5.74, 6) is 0.306. The fourth-order valence-electron chi connectivity index (χ4n) is 1.46. The van der Waals surface area contributed by atoms with E-state index < -0.39 is 5.91 Å². The van der Waals surface area contributed by atoms with E-state index in [1.807, 2.05) is 31.4 Å². The number of amides is 1. The molecule has 0 aliphatic heterocycles. The van der Waals surface area contributed by atoms with Crippen molar-refractivity contribution in [1.29, 1.82) is 0 Å². The molecule has 1 heterocycles. The molecule has 0 unspecified atom stereocenters. The summed E-state index contributed by atoms with van der Waals surface area (Å²) >= 11 is 1.66. The second-order valence-electron chi connectivity index (χ2n) is 3.92. The lowest BCUT2D eigenvalue weighted by molar-refractivity contribution is -0.114. The fourth-order valence-corrected chi connectivity index (χ4v) is 2.17. The van der Waals surface area contributed by atoms with E-state index in [-0.39, 0.29) is 0 Å². The third-order valence-electron chi connectivity index (χ3n) is 2.66. The zero-order chi connectivity index (χ0) is 13.5. The molecule has 1 aromatic heterocycles. The first-order valence-electron chi connectivity index (χ1n) is 5.83. The minimum absolute atomic E-state index is 0.443. The van der Waals surface area contributed by atoms with Crippen LogP contribution in [0.25, 0.3) is 0 Å². The van der Waals surface area contributed by atoms with E-state index in [2.05, 4.69) is 10.3 Å². The van der Waals surface area contributed by atoms with Crippen LogP contribution in [0.1, 0.15) is 25.1 Å². The highest BCUT2D eigenvalue weighted by Crippen LogP contribution is 2.11. The van der Waals surface area contributed by atoms with Gasteiger partial charge in [0.25, 0.3) is 5.91 Å². The molecule has 3 N–H and O–H groups in total. The number of primary amides is 1. The van der Waals surface area contributed by atoms with Gasteiger partial charge in [-0.15, -0.1) is 11.3 Å². The highest BCUT2D eigenvalue weighted by Gasteiger charge is 2.11. The highest BCUT2D eigenvalue weighted by molar-refractivity contribution is 7.10. The van der Waals surface area contributed by atoms with Crippen molar-refractivity contribution in [3.8, 4) is 0 Å². The monoisotopic (exact) mass is 265 g/mol. The van der Waals surface area contributed by atoms with Crippen LogP contribution in [-0.2, 0) is 11.2 Å². The van der Waals surface area contributed by atoms with E-state index in [9.17, 15) is 4.79 Å². The molecule has 0 fully saturated rings. The van der Waals surface area contributed by atoms with Gasteiger partial charge in [0.2, 0.25) is 0 Å². The molecule has 0 aliphatic carbocycles. The molecule has 0 bridgehead atoms. The number of hydrogen-bond acceptors (Lipinski definition) is 3. The second kappa shape index (κ2) is 6.96. The molecule has 0 aliphatic rings. The van der Waals surface area contributed by atoms with Gasteiger partial charge in [0.1, 0.15) is 11.5 Å². The van der Waals surface area contributed by atoms with E-state index in [0.717, 1.165) is 17.8 Å². The molecular weight excluding hydrogens is 246 g/mol. The zero-order valence-corrected chi connectivity index (χ0v) is 11.8. The molecule has 98 valence electrons. The Morgan fingerprint density at radius 1 is 1.56 bits per heavy atom. The summed E-state index contributed by atoms with van der Waals surface area (Å²) in [5, 5.41) is 5.07. The van der Waals surface area contributed by atoms with Crippen LogP contribution in [0.15, 0.2) is 33.8 Å². The number of rotatable bonds is 5. The van der Waals surface area contributed by atoms with Crippen LogP contribution in [-0.4, -0.2) is 18.8 Å². The van der Waals surface area contributed by atoms with E-state index in [1.165, 1.54) is 4.88 Å². The van der Waals surface area contributed by atoms with Gasteiger partial charge in [-0.2, -0.15) is 0 Å². The largest absolute Gasteiger partial charge is 0.364 e. The number of carbonyl (C=O) groups excluding carboxylic acids is 1. The van der Waals surface area contributed by atoms with Crippen LogP contribution >= 0.6 is 11.3 Å². The number of amidine groups is 1. The van der Waals surface area contributed by atoms with Crippen molar-refractivity contribution in [2.75, 3.05) is 7.05 Å². The molecular formula is C13H19N3OS. The second-order valence-corrected chi connectivity index (χ2v) is 4.96. The summed E-state index contributed by atoms with van der Waals surface area (Å²) < 4.78 is 0. The lowest BCUT2D eigenvalue weighted by Crippen LogP contribution is -2.33. The first-order chi connectivity index (χ1) is 8.58. The SMILES string of the molecule is CC/C(C)=C(/NC(Cc1cccs1)=NC)C(N)=O. The average molecular weight is 265 g/mol. The van der Waals surface area contributed by atoms with E-state index in [0.29, 0.717) is 12.1 Å². The Morgan fingerprint density at radius 2 is 2.28 bits per heavy atom. The van der Waals surface area contributed by atoms with E-state index >= 15 is 0 Å². The first-order valence-corrected chi connectivity index (χ1v) is 6.71. The lowest BCUT2D eigenvalue weighted by atomic mass is 10.1. The van der Waals surface area contributed by atoms with Gasteiger partial charge in [-0.25, -0.2) is 0 Å². The van der Waals surface area contributed by atoms with Crippen LogP contribution in [0.5, 0.6) is 0 Å². The highest BCUT2D eigenvalue weighted by atomic mass is 32.1. The van der Waals surface area contributed by atoms with Crippen LogP contribution in [0.3, 0.4) is 0 Å². The van der Waals surface area contributed by atoms with Crippen molar-refractivity contribution in [2.45, 2.75) is 26.7 Å². The number of aliphatic imine (C=N–C) groups is 1. The molecule has 4 nitrogen and oxygen atoms in total. The topological polar surface area (TPSA) is 67.5 Å². The molecule has 0 saturated heterocycles. The summed E-state index contributed by atoms with van der Waals surface area (Å²) in [7, 11) is 1.70. The molecule has 0 radical (unpaired) electrons. The van der Waals surface area contributed by atoms with Crippen LogP contribution in [0.4, 0.5) is 0 Å². The lowest BCUT2D eigenvalue weighted by Gasteiger charge is -2.12. The molecule has 0 saturated carbocycles. The number of hydrogen-bond donors (Lipinski definition) is 2.